The van der Waals surface area contributed by atoms with Crippen LogP contribution in [-0.2, 0) is 9.47 Å². The van der Waals surface area contributed by atoms with Gasteiger partial charge in [-0.2, -0.15) is 0 Å². The standard InChI is InChI=1S/C15H23N5O5/c1-8(2)24-4-3-16-13-10-14(18-6-17-13)20(7-19-10)15-12(23)11(22)9(5-21)25-15/h6-9,11-12,15,21-23H,3-5H2,1-2H3,(H,16,17,18)/t9-,11-,12-,15-/m1/s1. The summed E-state index contributed by atoms with van der Waals surface area (Å²) in [6.07, 6.45) is -1.11. The Kier molecular flexibility index (Phi) is 5.45. The molecule has 2 aromatic heterocycles. The second-order valence-electron chi connectivity index (χ2n) is 6.12. The van der Waals surface area contributed by atoms with Crippen LogP contribution in [0.4, 0.5) is 5.82 Å². The van der Waals surface area contributed by atoms with Gasteiger partial charge in [-0.05, 0) is 13.8 Å². The normalized spacial score (nSPS) is 26.6. The van der Waals surface area contributed by atoms with Crippen molar-refractivity contribution in [2.24, 2.45) is 0 Å². The highest BCUT2D eigenvalue weighted by atomic mass is 16.6. The Bertz CT molecular complexity index is 709. The van der Waals surface area contributed by atoms with Crippen molar-refractivity contribution in [2.75, 3.05) is 25.1 Å². The average Bonchev–Trinajstić information content (AvgIpc) is 3.14. The molecule has 3 heterocycles. The third-order valence-electron chi connectivity index (χ3n) is 4.00. The topological polar surface area (TPSA) is 135 Å². The van der Waals surface area contributed by atoms with Crippen molar-refractivity contribution in [3.8, 4) is 0 Å². The number of hydrogen-bond donors (Lipinski definition) is 4. The Morgan fingerprint density at radius 1 is 1.28 bits per heavy atom. The highest BCUT2D eigenvalue weighted by Crippen LogP contribution is 2.31. The Morgan fingerprint density at radius 2 is 2.08 bits per heavy atom. The van der Waals surface area contributed by atoms with Crippen molar-refractivity contribution in [3.63, 3.8) is 0 Å². The summed E-state index contributed by atoms with van der Waals surface area (Å²) in [4.78, 5) is 12.7. The molecule has 1 saturated heterocycles. The van der Waals surface area contributed by atoms with Gasteiger partial charge in [0.1, 0.15) is 24.6 Å². The molecule has 10 heteroatoms. The number of aliphatic hydroxyl groups excluding tert-OH is 3. The zero-order valence-electron chi connectivity index (χ0n) is 14.1. The zero-order chi connectivity index (χ0) is 18.0. The summed E-state index contributed by atoms with van der Waals surface area (Å²) < 4.78 is 12.5. The van der Waals surface area contributed by atoms with Crippen LogP contribution in [0.25, 0.3) is 11.2 Å². The Morgan fingerprint density at radius 3 is 2.76 bits per heavy atom. The summed E-state index contributed by atoms with van der Waals surface area (Å²) in [5, 5.41) is 32.4. The minimum atomic E-state index is -1.19. The van der Waals surface area contributed by atoms with Crippen LogP contribution in [-0.4, -0.2) is 79.0 Å². The van der Waals surface area contributed by atoms with E-state index in [-0.39, 0.29) is 12.7 Å². The van der Waals surface area contributed by atoms with E-state index in [1.165, 1.54) is 17.2 Å². The van der Waals surface area contributed by atoms with Gasteiger partial charge in [0.05, 0.1) is 25.6 Å². The van der Waals surface area contributed by atoms with Crippen molar-refractivity contribution in [3.05, 3.63) is 12.7 Å². The summed E-state index contributed by atoms with van der Waals surface area (Å²) in [5.41, 5.74) is 0.974. The maximum absolute atomic E-state index is 10.2. The van der Waals surface area contributed by atoms with Gasteiger partial charge in [-0.1, -0.05) is 0 Å². The number of aliphatic hydroxyl groups is 3. The third-order valence-corrected chi connectivity index (χ3v) is 4.00. The highest BCUT2D eigenvalue weighted by molar-refractivity contribution is 5.82. The molecule has 1 fully saturated rings. The number of nitrogens with zero attached hydrogens (tertiary/aromatic N) is 4. The Hall–Kier alpha value is -1.85. The van der Waals surface area contributed by atoms with Crippen LogP contribution in [0.2, 0.25) is 0 Å². The van der Waals surface area contributed by atoms with Gasteiger partial charge in [0.2, 0.25) is 0 Å². The van der Waals surface area contributed by atoms with E-state index in [1.807, 2.05) is 13.8 Å². The van der Waals surface area contributed by atoms with Gasteiger partial charge in [0, 0.05) is 6.54 Å². The molecule has 2 aromatic rings. The van der Waals surface area contributed by atoms with Gasteiger partial charge >= 0.3 is 0 Å². The molecular formula is C15H23N5O5. The lowest BCUT2D eigenvalue weighted by Gasteiger charge is -2.16. The van der Waals surface area contributed by atoms with Crippen LogP contribution < -0.4 is 5.32 Å². The fraction of sp³-hybridized carbons (Fsp3) is 0.667. The van der Waals surface area contributed by atoms with Gasteiger partial charge in [0.25, 0.3) is 0 Å². The van der Waals surface area contributed by atoms with Crippen LogP contribution in [0.15, 0.2) is 12.7 Å². The predicted molar refractivity (Wildman–Crippen MR) is 87.9 cm³/mol. The molecule has 4 N–H and O–H groups in total. The molecular weight excluding hydrogens is 330 g/mol. The lowest BCUT2D eigenvalue weighted by Crippen LogP contribution is -2.33. The smallest absolute Gasteiger partial charge is 0.167 e. The van der Waals surface area contributed by atoms with E-state index >= 15 is 0 Å². The molecule has 0 unspecified atom stereocenters. The molecule has 3 rings (SSSR count). The first-order chi connectivity index (χ1) is 12.0. The average molecular weight is 353 g/mol. The molecule has 0 radical (unpaired) electrons. The van der Waals surface area contributed by atoms with Gasteiger partial charge in [-0.25, -0.2) is 15.0 Å². The zero-order valence-corrected chi connectivity index (χ0v) is 14.1. The molecule has 0 saturated carbocycles. The molecule has 1 aliphatic heterocycles. The second-order valence-corrected chi connectivity index (χ2v) is 6.12. The first-order valence-electron chi connectivity index (χ1n) is 8.18. The Labute approximate surface area is 144 Å². The van der Waals surface area contributed by atoms with Crippen molar-refractivity contribution in [1.29, 1.82) is 0 Å². The minimum absolute atomic E-state index is 0.151. The van der Waals surface area contributed by atoms with Crippen LogP contribution in [0.3, 0.4) is 0 Å². The molecule has 0 amide bonds. The minimum Gasteiger partial charge on any atom is -0.394 e. The molecule has 0 aromatic carbocycles. The van der Waals surface area contributed by atoms with Crippen LogP contribution >= 0.6 is 0 Å². The van der Waals surface area contributed by atoms with Gasteiger partial charge < -0.3 is 30.1 Å². The van der Waals surface area contributed by atoms with E-state index in [1.54, 1.807) is 0 Å². The predicted octanol–water partition coefficient (Wildman–Crippen LogP) is -0.725. The maximum Gasteiger partial charge on any atom is 0.167 e. The van der Waals surface area contributed by atoms with E-state index < -0.39 is 24.5 Å². The number of ether oxygens (including phenoxy) is 2. The van der Waals surface area contributed by atoms with E-state index in [9.17, 15) is 15.3 Å². The van der Waals surface area contributed by atoms with Gasteiger partial charge in [-0.15, -0.1) is 0 Å². The molecule has 138 valence electrons. The summed E-state index contributed by atoms with van der Waals surface area (Å²) in [5.74, 6) is 0.544. The molecule has 0 spiro atoms. The van der Waals surface area contributed by atoms with Crippen molar-refractivity contribution in [2.45, 2.75) is 44.5 Å². The van der Waals surface area contributed by atoms with Crippen LogP contribution in [0, 0.1) is 0 Å². The van der Waals surface area contributed by atoms with Crippen molar-refractivity contribution in [1.82, 2.24) is 19.5 Å². The van der Waals surface area contributed by atoms with Crippen LogP contribution in [0.1, 0.15) is 20.1 Å². The van der Waals surface area contributed by atoms with E-state index in [0.29, 0.717) is 30.1 Å². The summed E-state index contributed by atoms with van der Waals surface area (Å²) in [6, 6.07) is 0. The summed E-state index contributed by atoms with van der Waals surface area (Å²) in [7, 11) is 0. The van der Waals surface area contributed by atoms with Crippen molar-refractivity contribution < 1.29 is 24.8 Å². The number of nitrogens with one attached hydrogen (secondary N) is 1. The summed E-state index contributed by atoms with van der Waals surface area (Å²) in [6.45, 7) is 4.62. The highest BCUT2D eigenvalue weighted by Gasteiger charge is 2.44. The van der Waals surface area contributed by atoms with Crippen LogP contribution in [0.5, 0.6) is 0 Å². The third kappa shape index (κ3) is 3.58. The number of imidazole rings is 1. The molecule has 1 aliphatic rings. The van der Waals surface area contributed by atoms with Gasteiger partial charge in [-0.3, -0.25) is 4.57 Å². The number of fused-ring (bicyclic) bond motifs is 1. The molecule has 0 bridgehead atoms. The Balaban J connectivity index is 1.79. The summed E-state index contributed by atoms with van der Waals surface area (Å²) >= 11 is 0. The molecule has 4 atom stereocenters. The largest absolute Gasteiger partial charge is 0.394 e. The maximum atomic E-state index is 10.2. The lowest BCUT2D eigenvalue weighted by molar-refractivity contribution is -0.0511. The number of rotatable bonds is 7. The number of hydrogen-bond acceptors (Lipinski definition) is 9. The SMILES string of the molecule is CC(C)OCCNc1ncnc2c1ncn2[C@@H]1O[C@H](CO)[C@@H](O)[C@H]1O. The van der Waals surface area contributed by atoms with E-state index in [0.717, 1.165) is 0 Å². The molecule has 0 aliphatic carbocycles. The first-order valence-corrected chi connectivity index (χ1v) is 8.18. The second kappa shape index (κ2) is 7.58. The molecule has 10 nitrogen and oxygen atoms in total. The fourth-order valence-electron chi connectivity index (χ4n) is 2.74. The first kappa shape index (κ1) is 18.0. The fourth-order valence-corrected chi connectivity index (χ4v) is 2.74. The quantitative estimate of drug-likeness (QED) is 0.475. The number of aromatic nitrogens is 4. The van der Waals surface area contributed by atoms with E-state index in [2.05, 4.69) is 20.3 Å². The lowest BCUT2D eigenvalue weighted by atomic mass is 10.1. The number of anilines is 1. The molecule has 25 heavy (non-hydrogen) atoms. The monoisotopic (exact) mass is 353 g/mol. The van der Waals surface area contributed by atoms with Gasteiger partial charge in [0.15, 0.2) is 23.2 Å². The van der Waals surface area contributed by atoms with E-state index in [4.69, 9.17) is 9.47 Å². The van der Waals surface area contributed by atoms with Crippen molar-refractivity contribution >= 4 is 17.0 Å².